The molecular weight excluding hydrogens is 187 g/mol. The molecule has 0 saturated heterocycles. The Hall–Kier alpha value is -0.350. The van der Waals surface area contributed by atoms with E-state index in [4.69, 9.17) is 0 Å². The van der Waals surface area contributed by atoms with Crippen molar-refractivity contribution >= 4 is 7.92 Å². The average molecular weight is 208 g/mol. The van der Waals surface area contributed by atoms with E-state index < -0.39 is 0 Å². The van der Waals surface area contributed by atoms with Crippen LogP contribution in [0.5, 0.6) is 0 Å². The van der Waals surface area contributed by atoms with E-state index in [0.717, 1.165) is 0 Å². The lowest BCUT2D eigenvalue weighted by Gasteiger charge is -2.12. The molecule has 0 aliphatic rings. The van der Waals surface area contributed by atoms with Crippen LogP contribution >= 0.6 is 7.92 Å². The number of hydrogen-bond donors (Lipinski definition) is 0. The Balaban J connectivity index is 2.86. The summed E-state index contributed by atoms with van der Waals surface area (Å²) in [6.07, 6.45) is 2.62. The monoisotopic (exact) mass is 208 g/mol. The van der Waals surface area contributed by atoms with Gasteiger partial charge in [-0.25, -0.2) is 0 Å². The molecule has 0 amide bonds. The summed E-state index contributed by atoms with van der Waals surface area (Å²) in [5, 5.41) is 0. The van der Waals surface area contributed by atoms with Gasteiger partial charge >= 0.3 is 0 Å². The third-order valence-corrected chi connectivity index (χ3v) is 3.77. The van der Waals surface area contributed by atoms with Crippen LogP contribution in [0.4, 0.5) is 0 Å². The minimum Gasteiger partial charge on any atom is -0.113 e. The van der Waals surface area contributed by atoms with Crippen molar-refractivity contribution in [2.45, 2.75) is 27.2 Å². The Morgan fingerprint density at radius 3 is 1.93 bits per heavy atom. The topological polar surface area (TPSA) is 0 Å². The summed E-state index contributed by atoms with van der Waals surface area (Å²) < 4.78 is 0. The Morgan fingerprint density at radius 1 is 1.00 bits per heavy atom. The molecule has 1 rings (SSSR count). The van der Waals surface area contributed by atoms with Gasteiger partial charge in [-0.15, -0.1) is 7.92 Å². The van der Waals surface area contributed by atoms with Crippen molar-refractivity contribution in [3.05, 3.63) is 34.4 Å². The molecule has 0 aliphatic heterocycles. The lowest BCUT2D eigenvalue weighted by Crippen LogP contribution is -1.98. The zero-order chi connectivity index (χ0) is 10.7. The van der Waals surface area contributed by atoms with Crippen molar-refractivity contribution in [2.24, 2.45) is 0 Å². The zero-order valence-electron chi connectivity index (χ0n) is 10.0. The van der Waals surface area contributed by atoms with Gasteiger partial charge in [-0.05, 0) is 63.4 Å². The first kappa shape index (κ1) is 11.7. The molecule has 78 valence electrons. The molecular formula is C13H21P. The second-order valence-corrected chi connectivity index (χ2v) is 7.04. The van der Waals surface area contributed by atoms with Crippen LogP contribution in [-0.2, 0) is 6.42 Å². The molecule has 1 aromatic carbocycles. The fraction of sp³-hybridized carbons (Fsp3) is 0.538. The summed E-state index contributed by atoms with van der Waals surface area (Å²) in [4.78, 5) is 0. The molecule has 0 bridgehead atoms. The number of aryl methyl sites for hydroxylation is 3. The minimum atomic E-state index is 0.243. The maximum Gasteiger partial charge on any atom is -0.0234 e. The first-order chi connectivity index (χ1) is 6.50. The van der Waals surface area contributed by atoms with Crippen molar-refractivity contribution < 1.29 is 0 Å². The summed E-state index contributed by atoms with van der Waals surface area (Å²) in [6.45, 7) is 11.4. The highest BCUT2D eigenvalue weighted by atomic mass is 31.1. The summed E-state index contributed by atoms with van der Waals surface area (Å²) in [5.74, 6) is 0. The van der Waals surface area contributed by atoms with Gasteiger partial charge in [-0.2, -0.15) is 0 Å². The van der Waals surface area contributed by atoms with Crippen LogP contribution in [0.1, 0.15) is 22.3 Å². The van der Waals surface area contributed by atoms with Gasteiger partial charge in [0.2, 0.25) is 0 Å². The first-order valence-corrected chi connectivity index (χ1v) is 7.64. The van der Waals surface area contributed by atoms with Gasteiger partial charge in [0.15, 0.2) is 0 Å². The molecule has 0 fully saturated rings. The summed E-state index contributed by atoms with van der Waals surface area (Å²) in [6, 6.07) is 4.60. The van der Waals surface area contributed by atoms with E-state index in [2.05, 4.69) is 46.2 Å². The first-order valence-electron chi connectivity index (χ1n) is 5.22. The molecule has 0 unspecified atom stereocenters. The van der Waals surface area contributed by atoms with Crippen LogP contribution < -0.4 is 0 Å². The van der Waals surface area contributed by atoms with E-state index in [1.54, 1.807) is 5.56 Å². The molecule has 0 N–H and O–H groups in total. The van der Waals surface area contributed by atoms with E-state index in [9.17, 15) is 0 Å². The predicted molar refractivity (Wildman–Crippen MR) is 68.0 cm³/mol. The highest BCUT2D eigenvalue weighted by molar-refractivity contribution is 7.55. The van der Waals surface area contributed by atoms with Crippen LogP contribution in [0.25, 0.3) is 0 Å². The normalized spacial score (nSPS) is 11.0. The number of rotatable bonds is 3. The summed E-state index contributed by atoms with van der Waals surface area (Å²) in [5.41, 5.74) is 5.91. The molecule has 0 radical (unpaired) electrons. The van der Waals surface area contributed by atoms with Gasteiger partial charge in [0.05, 0.1) is 0 Å². The standard InChI is InChI=1S/C13H21P/c1-10-8-11(2)13(12(3)9-10)6-7-14(4)5/h8-9H,6-7H2,1-5H3. The third kappa shape index (κ3) is 3.10. The summed E-state index contributed by atoms with van der Waals surface area (Å²) in [7, 11) is 0.243. The Labute approximate surface area is 89.5 Å². The van der Waals surface area contributed by atoms with E-state index >= 15 is 0 Å². The molecule has 0 atom stereocenters. The lowest BCUT2D eigenvalue weighted by molar-refractivity contribution is 1.08. The lowest BCUT2D eigenvalue weighted by atomic mass is 9.98. The quantitative estimate of drug-likeness (QED) is 0.661. The largest absolute Gasteiger partial charge is 0.113 e. The molecule has 0 spiro atoms. The highest BCUT2D eigenvalue weighted by Crippen LogP contribution is 2.27. The van der Waals surface area contributed by atoms with Crippen molar-refractivity contribution in [3.8, 4) is 0 Å². The van der Waals surface area contributed by atoms with Crippen molar-refractivity contribution in [1.82, 2.24) is 0 Å². The van der Waals surface area contributed by atoms with Crippen LogP contribution in [0, 0.1) is 20.8 Å². The predicted octanol–water partition coefficient (Wildman–Crippen LogP) is 3.90. The molecule has 0 nitrogen and oxygen atoms in total. The Bertz CT molecular complexity index is 290. The maximum absolute atomic E-state index is 2.36. The van der Waals surface area contributed by atoms with Crippen LogP contribution in [0.2, 0.25) is 0 Å². The van der Waals surface area contributed by atoms with Gasteiger partial charge in [0, 0.05) is 0 Å². The van der Waals surface area contributed by atoms with Crippen LogP contribution in [0.15, 0.2) is 12.1 Å². The van der Waals surface area contributed by atoms with Gasteiger partial charge in [0.1, 0.15) is 0 Å². The second kappa shape index (κ2) is 4.94. The van der Waals surface area contributed by atoms with E-state index in [1.165, 1.54) is 29.3 Å². The molecule has 1 aromatic rings. The van der Waals surface area contributed by atoms with Gasteiger partial charge in [-0.1, -0.05) is 17.7 Å². The SMILES string of the molecule is Cc1cc(C)c(CCP(C)C)c(C)c1. The zero-order valence-corrected chi connectivity index (χ0v) is 10.9. The number of hydrogen-bond acceptors (Lipinski definition) is 0. The second-order valence-electron chi connectivity index (χ2n) is 4.43. The maximum atomic E-state index is 2.36. The molecule has 14 heavy (non-hydrogen) atoms. The van der Waals surface area contributed by atoms with Crippen molar-refractivity contribution in [1.29, 1.82) is 0 Å². The average Bonchev–Trinajstić information content (AvgIpc) is 2.01. The minimum absolute atomic E-state index is 0.243. The fourth-order valence-corrected chi connectivity index (χ4v) is 2.61. The van der Waals surface area contributed by atoms with Gasteiger partial charge in [-0.3, -0.25) is 0 Å². The smallest absolute Gasteiger partial charge is 0.0234 e. The van der Waals surface area contributed by atoms with Crippen LogP contribution in [-0.4, -0.2) is 19.5 Å². The van der Waals surface area contributed by atoms with Crippen molar-refractivity contribution in [2.75, 3.05) is 19.5 Å². The number of benzene rings is 1. The Kier molecular flexibility index (Phi) is 4.13. The fourth-order valence-electron chi connectivity index (χ4n) is 1.94. The summed E-state index contributed by atoms with van der Waals surface area (Å²) >= 11 is 0. The third-order valence-electron chi connectivity index (χ3n) is 2.65. The van der Waals surface area contributed by atoms with Gasteiger partial charge in [0.25, 0.3) is 0 Å². The van der Waals surface area contributed by atoms with E-state index in [0.29, 0.717) is 0 Å². The molecule has 0 saturated carbocycles. The molecule has 0 aliphatic carbocycles. The highest BCUT2D eigenvalue weighted by Gasteiger charge is 2.04. The molecule has 0 aromatic heterocycles. The van der Waals surface area contributed by atoms with E-state index in [-0.39, 0.29) is 7.92 Å². The molecule has 0 heterocycles. The van der Waals surface area contributed by atoms with Crippen molar-refractivity contribution in [3.63, 3.8) is 0 Å². The van der Waals surface area contributed by atoms with Gasteiger partial charge < -0.3 is 0 Å². The van der Waals surface area contributed by atoms with E-state index in [1.807, 2.05) is 0 Å². The van der Waals surface area contributed by atoms with Crippen LogP contribution in [0.3, 0.4) is 0 Å². The Morgan fingerprint density at radius 2 is 1.50 bits per heavy atom. The molecule has 1 heteroatoms.